The fourth-order valence-corrected chi connectivity index (χ4v) is 5.24. The highest BCUT2D eigenvalue weighted by Crippen LogP contribution is 2.42. The largest absolute Gasteiger partial charge is 0.350 e. The summed E-state index contributed by atoms with van der Waals surface area (Å²) in [6.45, 7) is 0. The van der Waals surface area contributed by atoms with Gasteiger partial charge >= 0.3 is 0 Å². The zero-order valence-corrected chi connectivity index (χ0v) is 13.5. The van der Waals surface area contributed by atoms with Gasteiger partial charge < -0.3 is 4.98 Å². The molecule has 19 heavy (non-hydrogen) atoms. The zero-order valence-electron chi connectivity index (χ0n) is 11.1. The molecular formula is C16H20BrNS. The molecule has 0 amide bonds. The topological polar surface area (TPSA) is 15.8 Å². The Balaban J connectivity index is 1.70. The van der Waals surface area contributed by atoms with E-state index in [0.29, 0.717) is 5.41 Å². The average molecular weight is 338 g/mol. The van der Waals surface area contributed by atoms with Crippen LogP contribution >= 0.6 is 27.7 Å². The van der Waals surface area contributed by atoms with E-state index in [2.05, 4.69) is 51.2 Å². The van der Waals surface area contributed by atoms with Crippen LogP contribution in [0.25, 0.3) is 10.9 Å². The summed E-state index contributed by atoms with van der Waals surface area (Å²) in [6.07, 6.45) is 6.99. The van der Waals surface area contributed by atoms with Crippen molar-refractivity contribution in [2.45, 2.75) is 37.1 Å². The average Bonchev–Trinajstić information content (AvgIpc) is 2.89. The molecule has 3 rings (SSSR count). The molecule has 1 fully saturated rings. The van der Waals surface area contributed by atoms with Gasteiger partial charge in [0.05, 0.1) is 5.03 Å². The number of rotatable bonds is 4. The molecule has 0 saturated heterocycles. The van der Waals surface area contributed by atoms with Gasteiger partial charge in [0.25, 0.3) is 0 Å². The number of fused-ring (bicyclic) bond motifs is 1. The minimum atomic E-state index is 0.514. The highest BCUT2D eigenvalue weighted by Gasteiger charge is 2.31. The van der Waals surface area contributed by atoms with Crippen LogP contribution in [0, 0.1) is 5.41 Å². The number of thioether (sulfide) groups is 1. The molecule has 102 valence electrons. The lowest BCUT2D eigenvalue weighted by Crippen LogP contribution is -2.28. The van der Waals surface area contributed by atoms with Crippen LogP contribution in [0.3, 0.4) is 0 Å². The van der Waals surface area contributed by atoms with E-state index in [1.54, 1.807) is 0 Å². The van der Waals surface area contributed by atoms with Gasteiger partial charge in [-0.2, -0.15) is 0 Å². The lowest BCUT2D eigenvalue weighted by atomic mass is 9.77. The predicted molar refractivity (Wildman–Crippen MR) is 88.3 cm³/mol. The molecule has 0 aliphatic heterocycles. The third kappa shape index (κ3) is 3.03. The number of alkyl halides is 1. The van der Waals surface area contributed by atoms with E-state index in [0.717, 1.165) is 5.33 Å². The van der Waals surface area contributed by atoms with Gasteiger partial charge in [-0.05, 0) is 30.4 Å². The molecule has 0 unspecified atom stereocenters. The van der Waals surface area contributed by atoms with Crippen molar-refractivity contribution in [3.63, 3.8) is 0 Å². The van der Waals surface area contributed by atoms with Crippen molar-refractivity contribution in [3.05, 3.63) is 30.3 Å². The van der Waals surface area contributed by atoms with Gasteiger partial charge in [0.2, 0.25) is 0 Å². The molecule has 3 heteroatoms. The first-order valence-electron chi connectivity index (χ1n) is 7.08. The maximum atomic E-state index is 3.75. The van der Waals surface area contributed by atoms with Crippen LogP contribution < -0.4 is 0 Å². The van der Waals surface area contributed by atoms with Crippen molar-refractivity contribution in [1.29, 1.82) is 0 Å². The number of benzene rings is 1. The smallest absolute Gasteiger partial charge is 0.0732 e. The summed E-state index contributed by atoms with van der Waals surface area (Å²) < 4.78 is 0. The molecule has 2 aromatic rings. The molecule has 1 aliphatic rings. The Morgan fingerprint density at radius 3 is 2.68 bits per heavy atom. The van der Waals surface area contributed by atoms with Crippen molar-refractivity contribution in [2.24, 2.45) is 5.41 Å². The fraction of sp³-hybridized carbons (Fsp3) is 0.500. The van der Waals surface area contributed by atoms with Crippen LogP contribution in [0.4, 0.5) is 0 Å². The molecule has 1 aromatic carbocycles. The summed E-state index contributed by atoms with van der Waals surface area (Å²) in [6, 6.07) is 10.8. The zero-order chi connectivity index (χ0) is 13.1. The summed E-state index contributed by atoms with van der Waals surface area (Å²) in [5.74, 6) is 1.23. The van der Waals surface area contributed by atoms with E-state index in [4.69, 9.17) is 0 Å². The van der Waals surface area contributed by atoms with Gasteiger partial charge in [-0.15, -0.1) is 11.8 Å². The van der Waals surface area contributed by atoms with E-state index in [1.807, 2.05) is 11.8 Å². The molecule has 0 radical (unpaired) electrons. The minimum Gasteiger partial charge on any atom is -0.350 e. The molecule has 1 N–H and O–H groups in total. The van der Waals surface area contributed by atoms with Gasteiger partial charge in [0, 0.05) is 22.0 Å². The fourth-order valence-electron chi connectivity index (χ4n) is 2.97. The van der Waals surface area contributed by atoms with Gasteiger partial charge in [-0.25, -0.2) is 0 Å². The third-order valence-electron chi connectivity index (χ3n) is 4.24. The molecule has 0 bridgehead atoms. The van der Waals surface area contributed by atoms with Crippen LogP contribution in [0.1, 0.15) is 32.1 Å². The number of aromatic nitrogens is 1. The Morgan fingerprint density at radius 2 is 1.95 bits per heavy atom. The van der Waals surface area contributed by atoms with Crippen molar-refractivity contribution in [1.82, 2.24) is 4.98 Å². The summed E-state index contributed by atoms with van der Waals surface area (Å²) in [4.78, 5) is 3.52. The number of hydrogen-bond donors (Lipinski definition) is 1. The molecule has 0 atom stereocenters. The Labute approximate surface area is 127 Å². The molecule has 1 heterocycles. The van der Waals surface area contributed by atoms with Crippen LogP contribution in [0.5, 0.6) is 0 Å². The van der Waals surface area contributed by atoms with Crippen molar-refractivity contribution >= 4 is 38.6 Å². The summed E-state index contributed by atoms with van der Waals surface area (Å²) in [7, 11) is 0. The highest BCUT2D eigenvalue weighted by molar-refractivity contribution is 9.09. The summed E-state index contributed by atoms with van der Waals surface area (Å²) in [5, 5.41) is 3.78. The first kappa shape index (κ1) is 13.6. The Hall–Kier alpha value is -0.410. The van der Waals surface area contributed by atoms with Crippen LogP contribution in [0.2, 0.25) is 0 Å². The summed E-state index contributed by atoms with van der Waals surface area (Å²) in [5.41, 5.74) is 1.77. The number of halogens is 1. The lowest BCUT2D eigenvalue weighted by Gasteiger charge is -2.35. The Kier molecular flexibility index (Phi) is 4.23. The quantitative estimate of drug-likeness (QED) is 0.566. The maximum absolute atomic E-state index is 3.75. The van der Waals surface area contributed by atoms with E-state index < -0.39 is 0 Å². The van der Waals surface area contributed by atoms with E-state index >= 15 is 0 Å². The van der Waals surface area contributed by atoms with Crippen LogP contribution in [-0.4, -0.2) is 16.1 Å². The maximum Gasteiger partial charge on any atom is 0.0732 e. The number of H-pyrrole nitrogens is 1. The number of aromatic amines is 1. The van der Waals surface area contributed by atoms with E-state index in [9.17, 15) is 0 Å². The Morgan fingerprint density at radius 1 is 1.16 bits per heavy atom. The van der Waals surface area contributed by atoms with Crippen molar-refractivity contribution < 1.29 is 0 Å². The first-order chi connectivity index (χ1) is 9.31. The minimum absolute atomic E-state index is 0.514. The van der Waals surface area contributed by atoms with Gasteiger partial charge in [-0.1, -0.05) is 53.4 Å². The predicted octanol–water partition coefficient (Wildman–Crippen LogP) is 5.61. The normalized spacial score (nSPS) is 18.8. The first-order valence-corrected chi connectivity index (χ1v) is 9.19. The Bertz CT molecular complexity index is 509. The second-order valence-electron chi connectivity index (χ2n) is 5.70. The molecule has 1 aliphatic carbocycles. The van der Waals surface area contributed by atoms with Crippen LogP contribution in [0.15, 0.2) is 35.4 Å². The second-order valence-corrected chi connectivity index (χ2v) is 7.28. The van der Waals surface area contributed by atoms with Crippen LogP contribution in [-0.2, 0) is 0 Å². The van der Waals surface area contributed by atoms with Gasteiger partial charge in [-0.3, -0.25) is 0 Å². The lowest BCUT2D eigenvalue weighted by molar-refractivity contribution is 0.260. The molecular weight excluding hydrogens is 318 g/mol. The standard InChI is InChI=1S/C16H20BrNS/c17-11-16(8-4-1-5-9-16)12-19-15-10-13-6-2-3-7-14(13)18-15/h2-3,6-7,10,18H,1,4-5,8-9,11-12H2. The molecule has 0 spiro atoms. The number of hydrogen-bond acceptors (Lipinski definition) is 1. The highest BCUT2D eigenvalue weighted by atomic mass is 79.9. The number of nitrogens with one attached hydrogen (secondary N) is 1. The van der Waals surface area contributed by atoms with Gasteiger partial charge in [0.15, 0.2) is 0 Å². The monoisotopic (exact) mass is 337 g/mol. The molecule has 1 nitrogen and oxygen atoms in total. The van der Waals surface area contributed by atoms with Crippen molar-refractivity contribution in [3.8, 4) is 0 Å². The number of para-hydroxylation sites is 1. The summed E-state index contributed by atoms with van der Waals surface area (Å²) >= 11 is 5.74. The van der Waals surface area contributed by atoms with Crippen molar-refractivity contribution in [2.75, 3.05) is 11.1 Å². The van der Waals surface area contributed by atoms with E-state index in [1.165, 1.54) is 53.8 Å². The van der Waals surface area contributed by atoms with Gasteiger partial charge in [0.1, 0.15) is 0 Å². The molecule has 1 saturated carbocycles. The van der Waals surface area contributed by atoms with E-state index in [-0.39, 0.29) is 0 Å². The molecule has 1 aromatic heterocycles. The SMILES string of the molecule is BrCC1(CSc2cc3ccccc3[nH]2)CCCCC1. The third-order valence-corrected chi connectivity index (χ3v) is 6.71. The second kappa shape index (κ2) is 5.92.